The van der Waals surface area contributed by atoms with Crippen molar-refractivity contribution in [2.45, 2.75) is 0 Å². The second kappa shape index (κ2) is 7.32. The summed E-state index contributed by atoms with van der Waals surface area (Å²) in [6, 6.07) is 12.3. The lowest BCUT2D eigenvalue weighted by atomic mass is 10.0. The van der Waals surface area contributed by atoms with Gasteiger partial charge in [-0.05, 0) is 25.2 Å². The molecule has 0 aliphatic carbocycles. The van der Waals surface area contributed by atoms with Crippen LogP contribution in [0, 0.1) is 5.82 Å². The van der Waals surface area contributed by atoms with Crippen molar-refractivity contribution >= 4 is 44.5 Å². The molecule has 0 unspecified atom stereocenters. The van der Waals surface area contributed by atoms with Crippen molar-refractivity contribution in [1.82, 2.24) is 9.47 Å². The van der Waals surface area contributed by atoms with Gasteiger partial charge >= 0.3 is 5.97 Å². The number of furan rings is 1. The molecular weight excluding hydrogens is 465 g/mol. The number of hydrogen-bond donors (Lipinski definition) is 1. The zero-order chi connectivity index (χ0) is 24.7. The van der Waals surface area contributed by atoms with Gasteiger partial charge in [-0.1, -0.05) is 18.2 Å². The number of rotatable bonds is 2. The molecule has 1 saturated heterocycles. The highest BCUT2D eigenvalue weighted by Crippen LogP contribution is 2.48. The van der Waals surface area contributed by atoms with E-state index in [9.17, 15) is 14.7 Å². The van der Waals surface area contributed by atoms with E-state index in [0.717, 1.165) is 29.9 Å². The number of aromatic nitrogens is 1. The van der Waals surface area contributed by atoms with Gasteiger partial charge in [0.1, 0.15) is 27.9 Å². The van der Waals surface area contributed by atoms with E-state index in [-0.39, 0.29) is 16.8 Å². The fourth-order valence-electron chi connectivity index (χ4n) is 5.30. The van der Waals surface area contributed by atoms with Crippen LogP contribution in [0.25, 0.3) is 38.5 Å². The minimum absolute atomic E-state index is 0.0457. The van der Waals surface area contributed by atoms with Gasteiger partial charge < -0.3 is 28.6 Å². The van der Waals surface area contributed by atoms with Crippen molar-refractivity contribution in [3.63, 3.8) is 0 Å². The van der Waals surface area contributed by atoms with Crippen LogP contribution in [-0.4, -0.2) is 53.8 Å². The summed E-state index contributed by atoms with van der Waals surface area (Å²) >= 11 is 0. The second-order valence-corrected chi connectivity index (χ2v) is 9.29. The van der Waals surface area contributed by atoms with Gasteiger partial charge in [0.25, 0.3) is 0 Å². The van der Waals surface area contributed by atoms with Crippen molar-refractivity contribution < 1.29 is 23.4 Å². The SMILES string of the molecule is CN1CCN(c2c(F)cc3c(=O)c(C(=O)O)cn4c3c2Oc2cc3c(cc2-4)oc2ccccc23)CC1. The molecule has 0 bridgehead atoms. The molecule has 9 heteroatoms. The molecule has 0 spiro atoms. The summed E-state index contributed by atoms with van der Waals surface area (Å²) < 4.78 is 29.7. The Kier molecular flexibility index (Phi) is 4.26. The molecule has 0 saturated carbocycles. The number of halogens is 1. The number of nitrogens with zero attached hydrogens (tertiary/aromatic N) is 3. The molecule has 8 nitrogen and oxygen atoms in total. The molecule has 2 aliphatic rings. The minimum Gasteiger partial charge on any atom is -0.477 e. The van der Waals surface area contributed by atoms with Gasteiger partial charge in [0.15, 0.2) is 17.3 Å². The van der Waals surface area contributed by atoms with E-state index in [1.165, 1.54) is 6.20 Å². The average Bonchev–Trinajstić information content (AvgIpc) is 3.22. The zero-order valence-electron chi connectivity index (χ0n) is 19.2. The first-order valence-corrected chi connectivity index (χ1v) is 11.6. The number of para-hydroxylation sites is 1. The van der Waals surface area contributed by atoms with Crippen LogP contribution in [0.3, 0.4) is 0 Å². The molecule has 1 fully saturated rings. The summed E-state index contributed by atoms with van der Waals surface area (Å²) in [5.41, 5.74) is 1.21. The third-order valence-electron chi connectivity index (χ3n) is 7.15. The number of carbonyl (C=O) groups is 1. The summed E-state index contributed by atoms with van der Waals surface area (Å²) in [5.74, 6) is -1.37. The van der Waals surface area contributed by atoms with Gasteiger partial charge in [-0.3, -0.25) is 4.79 Å². The quantitative estimate of drug-likeness (QED) is 0.384. The van der Waals surface area contributed by atoms with Gasteiger partial charge in [0.05, 0.1) is 11.1 Å². The largest absolute Gasteiger partial charge is 0.477 e. The van der Waals surface area contributed by atoms with E-state index < -0.39 is 22.8 Å². The van der Waals surface area contributed by atoms with Crippen molar-refractivity contribution in [3.05, 3.63) is 70.3 Å². The lowest BCUT2D eigenvalue weighted by Crippen LogP contribution is -2.45. The molecule has 3 aromatic carbocycles. The summed E-state index contributed by atoms with van der Waals surface area (Å²) in [7, 11) is 2.01. The Balaban J connectivity index is 1.57. The smallest absolute Gasteiger partial charge is 0.341 e. The summed E-state index contributed by atoms with van der Waals surface area (Å²) in [6.45, 7) is 2.68. The highest BCUT2D eigenvalue weighted by atomic mass is 19.1. The lowest BCUT2D eigenvalue weighted by molar-refractivity contribution is 0.0695. The van der Waals surface area contributed by atoms with Gasteiger partial charge in [-0.15, -0.1) is 0 Å². The zero-order valence-corrected chi connectivity index (χ0v) is 19.2. The molecule has 0 amide bonds. The lowest BCUT2D eigenvalue weighted by Gasteiger charge is -2.36. The fraction of sp³-hybridized carbons (Fsp3) is 0.185. The van der Waals surface area contributed by atoms with Gasteiger partial charge in [0, 0.05) is 49.2 Å². The monoisotopic (exact) mass is 485 g/mol. The van der Waals surface area contributed by atoms with Gasteiger partial charge in [-0.25, -0.2) is 9.18 Å². The van der Waals surface area contributed by atoms with Crippen LogP contribution in [0.1, 0.15) is 10.4 Å². The van der Waals surface area contributed by atoms with Gasteiger partial charge in [0.2, 0.25) is 5.43 Å². The Hall–Kier alpha value is -4.37. The van der Waals surface area contributed by atoms with Crippen LogP contribution < -0.4 is 15.1 Å². The number of fused-ring (bicyclic) bond motifs is 5. The van der Waals surface area contributed by atoms with Crippen LogP contribution >= 0.6 is 0 Å². The summed E-state index contributed by atoms with van der Waals surface area (Å²) in [5, 5.41) is 11.4. The molecule has 0 radical (unpaired) electrons. The summed E-state index contributed by atoms with van der Waals surface area (Å²) in [4.78, 5) is 29.1. The molecule has 180 valence electrons. The molecule has 0 atom stereocenters. The number of piperazine rings is 1. The average molecular weight is 485 g/mol. The highest BCUT2D eigenvalue weighted by molar-refractivity contribution is 6.07. The molecule has 5 aromatic rings. The maximum absolute atomic E-state index is 15.7. The fourth-order valence-corrected chi connectivity index (χ4v) is 5.30. The number of anilines is 1. The normalized spacial score (nSPS) is 15.4. The number of ether oxygens (including phenoxy) is 1. The van der Waals surface area contributed by atoms with Crippen LogP contribution in [0.15, 0.2) is 57.9 Å². The number of pyridine rings is 1. The Bertz CT molecular complexity index is 1810. The Morgan fingerprint density at radius 2 is 1.78 bits per heavy atom. The van der Waals surface area contributed by atoms with Crippen molar-refractivity contribution in [1.29, 1.82) is 0 Å². The van der Waals surface area contributed by atoms with Crippen LogP contribution in [0.4, 0.5) is 10.1 Å². The minimum atomic E-state index is -1.38. The molecule has 2 aromatic heterocycles. The maximum atomic E-state index is 15.7. The molecule has 7 rings (SSSR count). The number of likely N-dealkylation sites (N-methyl/N-ethyl adjacent to an activating group) is 1. The number of carboxylic acid groups (broad SMARTS) is 1. The number of carboxylic acids is 1. The molecule has 1 N–H and O–H groups in total. The van der Waals surface area contributed by atoms with E-state index in [4.69, 9.17) is 9.15 Å². The Morgan fingerprint density at radius 3 is 2.56 bits per heavy atom. The second-order valence-electron chi connectivity index (χ2n) is 9.29. The maximum Gasteiger partial charge on any atom is 0.341 e. The van der Waals surface area contributed by atoms with Crippen molar-refractivity contribution in [2.75, 3.05) is 38.1 Å². The van der Waals surface area contributed by atoms with E-state index in [2.05, 4.69) is 4.90 Å². The summed E-state index contributed by atoms with van der Waals surface area (Å²) in [6.07, 6.45) is 1.29. The number of aromatic carboxylic acids is 1. The van der Waals surface area contributed by atoms with Crippen molar-refractivity contribution in [3.8, 4) is 17.2 Å². The molecule has 2 aliphatic heterocycles. The first-order valence-electron chi connectivity index (χ1n) is 11.6. The third kappa shape index (κ3) is 2.83. The number of hydrogen-bond acceptors (Lipinski definition) is 6. The standard InChI is InChI=1S/C27H20FN3O5/c1-29-6-8-30(9-7-29)24-18(28)10-16-23-26(24)36-22-11-15-14-4-2-3-5-20(14)35-21(15)12-19(22)31(23)13-17(25(16)32)27(33)34/h2-5,10-13H,6-9H2,1H3,(H,33,34). The molecular formula is C27H20FN3O5. The molecule has 4 heterocycles. The van der Waals surface area contributed by atoms with E-state index in [1.54, 1.807) is 10.6 Å². The highest BCUT2D eigenvalue weighted by Gasteiger charge is 2.32. The van der Waals surface area contributed by atoms with Gasteiger partial charge in [-0.2, -0.15) is 0 Å². The number of benzene rings is 3. The van der Waals surface area contributed by atoms with E-state index >= 15 is 4.39 Å². The Morgan fingerprint density at radius 1 is 1.00 bits per heavy atom. The Labute approximate surface area is 203 Å². The van der Waals surface area contributed by atoms with E-state index in [0.29, 0.717) is 41.2 Å². The van der Waals surface area contributed by atoms with Crippen molar-refractivity contribution in [2.24, 2.45) is 0 Å². The van der Waals surface area contributed by atoms with Crippen LogP contribution in [-0.2, 0) is 0 Å². The third-order valence-corrected chi connectivity index (χ3v) is 7.15. The van der Waals surface area contributed by atoms with Crippen LogP contribution in [0.5, 0.6) is 11.5 Å². The van der Waals surface area contributed by atoms with Crippen LogP contribution in [0.2, 0.25) is 0 Å². The van der Waals surface area contributed by atoms with E-state index in [1.807, 2.05) is 42.3 Å². The first-order chi connectivity index (χ1) is 17.4. The predicted octanol–water partition coefficient (Wildman–Crippen LogP) is 4.58. The predicted molar refractivity (Wildman–Crippen MR) is 134 cm³/mol. The molecule has 36 heavy (non-hydrogen) atoms. The first kappa shape index (κ1) is 21.0. The topological polar surface area (TPSA) is 88.2 Å².